The zero-order valence-electron chi connectivity index (χ0n) is 13.6. The normalized spacial score (nSPS) is 17.8. The maximum Gasteiger partial charge on any atom is 0.123 e. The van der Waals surface area contributed by atoms with Crippen LogP contribution in [0.25, 0.3) is 0 Å². The van der Waals surface area contributed by atoms with Crippen molar-refractivity contribution in [3.05, 3.63) is 70.8 Å². The van der Waals surface area contributed by atoms with Crippen LogP contribution in [0.15, 0.2) is 54.1 Å². The highest BCUT2D eigenvalue weighted by atomic mass is 16.3. The molecule has 2 aromatic carbocycles. The molecule has 2 nitrogen and oxygen atoms in total. The fourth-order valence-electron chi connectivity index (χ4n) is 3.48. The summed E-state index contributed by atoms with van der Waals surface area (Å²) in [6.07, 6.45) is 7.12. The van der Waals surface area contributed by atoms with Gasteiger partial charge in [0.25, 0.3) is 0 Å². The molecule has 2 heteroatoms. The van der Waals surface area contributed by atoms with Gasteiger partial charge >= 0.3 is 0 Å². The van der Waals surface area contributed by atoms with E-state index in [9.17, 15) is 10.2 Å². The van der Waals surface area contributed by atoms with Gasteiger partial charge in [-0.15, -0.1) is 0 Å². The van der Waals surface area contributed by atoms with Crippen LogP contribution in [-0.4, -0.2) is 10.2 Å². The lowest BCUT2D eigenvalue weighted by atomic mass is 9.84. The molecular weight excluding hydrogens is 284 g/mol. The van der Waals surface area contributed by atoms with Gasteiger partial charge in [0, 0.05) is 11.5 Å². The van der Waals surface area contributed by atoms with Gasteiger partial charge in [0.1, 0.15) is 11.5 Å². The van der Waals surface area contributed by atoms with Crippen LogP contribution in [0.3, 0.4) is 0 Å². The fourth-order valence-corrected chi connectivity index (χ4v) is 3.48. The van der Waals surface area contributed by atoms with Crippen molar-refractivity contribution in [3.63, 3.8) is 0 Å². The van der Waals surface area contributed by atoms with Gasteiger partial charge in [0.2, 0.25) is 0 Å². The van der Waals surface area contributed by atoms with E-state index in [1.807, 2.05) is 30.3 Å². The summed E-state index contributed by atoms with van der Waals surface area (Å²) in [7, 11) is 0. The zero-order valence-corrected chi connectivity index (χ0v) is 13.6. The van der Waals surface area contributed by atoms with Gasteiger partial charge in [-0.25, -0.2) is 0 Å². The molecule has 0 bridgehead atoms. The Labute approximate surface area is 138 Å². The molecule has 0 fully saturated rings. The van der Waals surface area contributed by atoms with Crippen LogP contribution >= 0.6 is 0 Å². The summed E-state index contributed by atoms with van der Waals surface area (Å²) in [5, 5.41) is 20.8. The van der Waals surface area contributed by atoms with E-state index in [1.165, 1.54) is 11.1 Å². The predicted molar refractivity (Wildman–Crippen MR) is 94.0 cm³/mol. The molecule has 120 valence electrons. The summed E-state index contributed by atoms with van der Waals surface area (Å²) in [5.41, 5.74) is 4.27. The first-order valence-electron chi connectivity index (χ1n) is 8.39. The van der Waals surface area contributed by atoms with Gasteiger partial charge < -0.3 is 10.2 Å². The van der Waals surface area contributed by atoms with E-state index in [-0.39, 0.29) is 17.4 Å². The molecule has 0 heterocycles. The highest BCUT2D eigenvalue weighted by Gasteiger charge is 2.21. The third-order valence-electron chi connectivity index (χ3n) is 4.68. The van der Waals surface area contributed by atoms with Gasteiger partial charge in [-0.1, -0.05) is 42.0 Å². The minimum atomic E-state index is 0.131. The summed E-state index contributed by atoms with van der Waals surface area (Å²) < 4.78 is 0. The van der Waals surface area contributed by atoms with Crippen molar-refractivity contribution in [1.29, 1.82) is 0 Å². The maximum absolute atomic E-state index is 10.4. The van der Waals surface area contributed by atoms with Crippen LogP contribution in [0.1, 0.15) is 48.8 Å². The highest BCUT2D eigenvalue weighted by Crippen LogP contribution is 2.41. The minimum absolute atomic E-state index is 0.131. The quantitative estimate of drug-likeness (QED) is 0.772. The van der Waals surface area contributed by atoms with Crippen molar-refractivity contribution in [1.82, 2.24) is 0 Å². The third kappa shape index (κ3) is 3.76. The molecule has 2 N–H and O–H groups in total. The van der Waals surface area contributed by atoms with Crippen molar-refractivity contribution in [2.75, 3.05) is 0 Å². The van der Waals surface area contributed by atoms with Gasteiger partial charge in [0.05, 0.1) is 0 Å². The topological polar surface area (TPSA) is 40.5 Å². The summed E-state index contributed by atoms with van der Waals surface area (Å²) in [4.78, 5) is 0. The Morgan fingerprint density at radius 2 is 1.61 bits per heavy atom. The fraction of sp³-hybridized carbons (Fsp3) is 0.333. The first-order chi connectivity index (χ1) is 11.1. The molecule has 1 atom stereocenters. The van der Waals surface area contributed by atoms with Crippen LogP contribution in [-0.2, 0) is 12.8 Å². The molecule has 0 aliphatic heterocycles. The average molecular weight is 308 g/mol. The Balaban J connectivity index is 1.79. The van der Waals surface area contributed by atoms with Crippen molar-refractivity contribution < 1.29 is 10.2 Å². The number of aryl methyl sites for hydroxylation is 2. The Hall–Kier alpha value is -2.22. The number of phenols is 2. The lowest BCUT2D eigenvalue weighted by molar-refractivity contribution is 0.427. The van der Waals surface area contributed by atoms with E-state index in [2.05, 4.69) is 25.1 Å². The minimum Gasteiger partial charge on any atom is -0.507 e. The molecule has 0 radical (unpaired) electrons. The molecule has 1 aliphatic rings. The molecular formula is C21H24O2. The summed E-state index contributed by atoms with van der Waals surface area (Å²) in [6.45, 7) is 2.12. The number of hydrogen-bond donors (Lipinski definition) is 2. The van der Waals surface area contributed by atoms with Crippen LogP contribution < -0.4 is 0 Å². The molecule has 3 rings (SSSR count). The van der Waals surface area contributed by atoms with Gasteiger partial charge in [-0.05, 0) is 62.3 Å². The molecule has 2 aromatic rings. The Kier molecular flexibility index (Phi) is 4.71. The third-order valence-corrected chi connectivity index (χ3v) is 4.68. The number of allylic oxidation sites excluding steroid dienone is 2. The first-order valence-corrected chi connectivity index (χ1v) is 8.39. The number of benzene rings is 2. The van der Waals surface area contributed by atoms with E-state index in [0.717, 1.165) is 37.7 Å². The standard InChI is InChI=1S/C21H24O2/c1-15-6-5-9-18(12-15)21-19(22)13-17(14-20(21)23)11-10-16-7-3-2-4-8-16/h2-4,7-8,12-14,18,22-23H,5-6,9-11H2,1H3. The van der Waals surface area contributed by atoms with E-state index < -0.39 is 0 Å². The molecule has 1 aliphatic carbocycles. The Morgan fingerprint density at radius 3 is 2.26 bits per heavy atom. The summed E-state index contributed by atoms with van der Waals surface area (Å²) in [5.74, 6) is 0.583. The smallest absolute Gasteiger partial charge is 0.123 e. The number of hydrogen-bond acceptors (Lipinski definition) is 2. The molecule has 0 spiro atoms. The van der Waals surface area contributed by atoms with Crippen molar-refractivity contribution >= 4 is 0 Å². The monoisotopic (exact) mass is 308 g/mol. The predicted octanol–water partition coefficient (Wildman–Crippen LogP) is 5.10. The van der Waals surface area contributed by atoms with E-state index in [1.54, 1.807) is 0 Å². The van der Waals surface area contributed by atoms with Crippen LogP contribution in [0.2, 0.25) is 0 Å². The Morgan fingerprint density at radius 1 is 0.957 bits per heavy atom. The second-order valence-corrected chi connectivity index (χ2v) is 6.55. The first kappa shape index (κ1) is 15.7. The molecule has 0 amide bonds. The lowest BCUT2D eigenvalue weighted by Crippen LogP contribution is -2.03. The molecule has 1 unspecified atom stereocenters. The van der Waals surface area contributed by atoms with Gasteiger partial charge in [-0.3, -0.25) is 0 Å². The summed E-state index contributed by atoms with van der Waals surface area (Å²) >= 11 is 0. The highest BCUT2D eigenvalue weighted by molar-refractivity contribution is 5.50. The van der Waals surface area contributed by atoms with Crippen molar-refractivity contribution in [2.45, 2.75) is 44.9 Å². The van der Waals surface area contributed by atoms with E-state index in [4.69, 9.17) is 0 Å². The lowest BCUT2D eigenvalue weighted by Gasteiger charge is -2.22. The number of aromatic hydroxyl groups is 2. The maximum atomic E-state index is 10.4. The second-order valence-electron chi connectivity index (χ2n) is 6.55. The average Bonchev–Trinajstić information content (AvgIpc) is 2.53. The molecule has 0 aromatic heterocycles. The molecule has 0 saturated carbocycles. The van der Waals surface area contributed by atoms with Crippen molar-refractivity contribution in [2.24, 2.45) is 0 Å². The van der Waals surface area contributed by atoms with Crippen LogP contribution in [0.5, 0.6) is 11.5 Å². The molecule has 0 saturated heterocycles. The number of rotatable bonds is 4. The van der Waals surface area contributed by atoms with Crippen molar-refractivity contribution in [3.8, 4) is 11.5 Å². The second kappa shape index (κ2) is 6.91. The number of phenolic OH excluding ortho intramolecular Hbond substituents is 2. The summed E-state index contributed by atoms with van der Waals surface area (Å²) in [6, 6.07) is 13.9. The van der Waals surface area contributed by atoms with Crippen LogP contribution in [0, 0.1) is 0 Å². The van der Waals surface area contributed by atoms with Crippen LogP contribution in [0.4, 0.5) is 0 Å². The van der Waals surface area contributed by atoms with E-state index in [0.29, 0.717) is 5.56 Å². The van der Waals surface area contributed by atoms with Gasteiger partial charge in [-0.2, -0.15) is 0 Å². The zero-order chi connectivity index (χ0) is 16.2. The van der Waals surface area contributed by atoms with Gasteiger partial charge in [0.15, 0.2) is 0 Å². The Bertz CT molecular complexity index is 678. The van der Waals surface area contributed by atoms with E-state index >= 15 is 0 Å². The SMILES string of the molecule is CC1=CC(c2c(O)cc(CCc3ccccc3)cc2O)CCC1. The molecule has 23 heavy (non-hydrogen) atoms. The largest absolute Gasteiger partial charge is 0.507 e.